The Bertz CT molecular complexity index is 359. The summed E-state index contributed by atoms with van der Waals surface area (Å²) in [5, 5.41) is 12.0. The maximum Gasteiger partial charge on any atom is 0.408 e. The maximum atomic E-state index is 11.9. The standard InChI is InChI=1S/C8H8F3N3/c1-6-7(2-3-12)4-14(13-6)5-8(9,10)11/h4H,2,5H2,1H3. The molecule has 6 heteroatoms. The van der Waals surface area contributed by atoms with Crippen molar-refractivity contribution in [1.29, 1.82) is 5.26 Å². The molecule has 3 nitrogen and oxygen atoms in total. The van der Waals surface area contributed by atoms with E-state index in [0.717, 1.165) is 4.68 Å². The van der Waals surface area contributed by atoms with Gasteiger partial charge in [-0.25, -0.2) is 0 Å². The van der Waals surface area contributed by atoms with E-state index in [0.29, 0.717) is 11.3 Å². The molecule has 0 radical (unpaired) electrons. The van der Waals surface area contributed by atoms with Gasteiger partial charge in [-0.2, -0.15) is 23.5 Å². The van der Waals surface area contributed by atoms with Gasteiger partial charge in [0.15, 0.2) is 0 Å². The van der Waals surface area contributed by atoms with E-state index in [9.17, 15) is 13.2 Å². The van der Waals surface area contributed by atoms with Crippen LogP contribution in [0.1, 0.15) is 11.3 Å². The van der Waals surface area contributed by atoms with Crippen LogP contribution in [0.2, 0.25) is 0 Å². The number of nitrogens with zero attached hydrogens (tertiary/aromatic N) is 3. The Morgan fingerprint density at radius 1 is 1.57 bits per heavy atom. The number of halogens is 3. The highest BCUT2D eigenvalue weighted by Crippen LogP contribution is 2.18. The number of rotatable bonds is 2. The van der Waals surface area contributed by atoms with E-state index >= 15 is 0 Å². The van der Waals surface area contributed by atoms with E-state index in [4.69, 9.17) is 5.26 Å². The van der Waals surface area contributed by atoms with Crippen LogP contribution in [0, 0.1) is 18.3 Å². The predicted molar refractivity (Wildman–Crippen MR) is 42.3 cm³/mol. The van der Waals surface area contributed by atoms with Crippen LogP contribution in [0.25, 0.3) is 0 Å². The number of aryl methyl sites for hydroxylation is 1. The Morgan fingerprint density at radius 3 is 2.71 bits per heavy atom. The van der Waals surface area contributed by atoms with Gasteiger partial charge in [0.2, 0.25) is 0 Å². The van der Waals surface area contributed by atoms with Crippen molar-refractivity contribution in [3.63, 3.8) is 0 Å². The Labute approximate surface area is 78.8 Å². The van der Waals surface area contributed by atoms with Crippen LogP contribution in [0.5, 0.6) is 0 Å². The van der Waals surface area contributed by atoms with Gasteiger partial charge in [-0.3, -0.25) is 4.68 Å². The van der Waals surface area contributed by atoms with E-state index in [2.05, 4.69) is 5.10 Å². The highest BCUT2D eigenvalue weighted by molar-refractivity contribution is 5.19. The molecule has 0 bridgehead atoms. The summed E-state index contributed by atoms with van der Waals surface area (Å²) in [7, 11) is 0. The zero-order valence-electron chi connectivity index (χ0n) is 7.47. The van der Waals surface area contributed by atoms with Gasteiger partial charge in [0.05, 0.1) is 18.2 Å². The highest BCUT2D eigenvalue weighted by Gasteiger charge is 2.28. The summed E-state index contributed by atoms with van der Waals surface area (Å²) < 4.78 is 36.6. The first kappa shape index (κ1) is 10.6. The van der Waals surface area contributed by atoms with Crippen molar-refractivity contribution >= 4 is 0 Å². The Kier molecular flexibility index (Phi) is 2.79. The fourth-order valence-corrected chi connectivity index (χ4v) is 1.08. The van der Waals surface area contributed by atoms with Gasteiger partial charge in [-0.15, -0.1) is 0 Å². The molecule has 0 spiro atoms. The lowest BCUT2D eigenvalue weighted by Gasteiger charge is -2.04. The van der Waals surface area contributed by atoms with Crippen LogP contribution in [-0.2, 0) is 13.0 Å². The number of hydrogen-bond donors (Lipinski definition) is 0. The van der Waals surface area contributed by atoms with Crippen molar-refractivity contribution in [2.24, 2.45) is 0 Å². The van der Waals surface area contributed by atoms with E-state index in [1.54, 1.807) is 6.92 Å². The van der Waals surface area contributed by atoms with E-state index in [-0.39, 0.29) is 6.42 Å². The first-order chi connectivity index (χ1) is 6.42. The molecule has 0 unspecified atom stereocenters. The molecule has 1 aromatic heterocycles. The summed E-state index contributed by atoms with van der Waals surface area (Å²) in [5.41, 5.74) is 1.01. The van der Waals surface area contributed by atoms with Crippen molar-refractivity contribution in [3.8, 4) is 6.07 Å². The first-order valence-electron chi connectivity index (χ1n) is 3.89. The van der Waals surface area contributed by atoms with Gasteiger partial charge in [0.1, 0.15) is 6.54 Å². The highest BCUT2D eigenvalue weighted by atomic mass is 19.4. The number of alkyl halides is 3. The average Bonchev–Trinajstić information content (AvgIpc) is 2.28. The van der Waals surface area contributed by atoms with Crippen molar-refractivity contribution in [1.82, 2.24) is 9.78 Å². The first-order valence-corrected chi connectivity index (χ1v) is 3.89. The van der Waals surface area contributed by atoms with Gasteiger partial charge in [0.25, 0.3) is 0 Å². The third-order valence-electron chi connectivity index (χ3n) is 1.66. The quantitative estimate of drug-likeness (QED) is 0.735. The summed E-state index contributed by atoms with van der Waals surface area (Å²) in [6.45, 7) is 0.471. The van der Waals surface area contributed by atoms with Crippen LogP contribution >= 0.6 is 0 Å². The Hall–Kier alpha value is -1.51. The molecule has 0 saturated carbocycles. The zero-order valence-corrected chi connectivity index (χ0v) is 7.47. The second kappa shape index (κ2) is 3.70. The van der Waals surface area contributed by atoms with Gasteiger partial charge in [0, 0.05) is 11.8 Å². The van der Waals surface area contributed by atoms with E-state index in [1.165, 1.54) is 6.20 Å². The summed E-state index contributed by atoms with van der Waals surface area (Å²) >= 11 is 0. The van der Waals surface area contributed by atoms with Gasteiger partial charge < -0.3 is 0 Å². The molecule has 0 aromatic carbocycles. The minimum absolute atomic E-state index is 0.0870. The molecule has 76 valence electrons. The lowest BCUT2D eigenvalue weighted by molar-refractivity contribution is -0.142. The van der Waals surface area contributed by atoms with Crippen LogP contribution in [0.15, 0.2) is 6.20 Å². The van der Waals surface area contributed by atoms with Crippen LogP contribution in [0.3, 0.4) is 0 Å². The molecule has 0 fully saturated rings. The SMILES string of the molecule is Cc1nn(CC(F)(F)F)cc1CC#N. The number of hydrogen-bond acceptors (Lipinski definition) is 2. The molecule has 0 N–H and O–H groups in total. The van der Waals surface area contributed by atoms with Gasteiger partial charge in [-0.05, 0) is 6.92 Å². The molecule has 14 heavy (non-hydrogen) atoms. The molecule has 1 rings (SSSR count). The van der Waals surface area contributed by atoms with Crippen LogP contribution in [-0.4, -0.2) is 16.0 Å². The summed E-state index contributed by atoms with van der Waals surface area (Å²) in [5.74, 6) is 0. The fourth-order valence-electron chi connectivity index (χ4n) is 1.08. The van der Waals surface area contributed by atoms with Crippen molar-refractivity contribution < 1.29 is 13.2 Å². The number of aromatic nitrogens is 2. The third-order valence-corrected chi connectivity index (χ3v) is 1.66. The topological polar surface area (TPSA) is 41.6 Å². The largest absolute Gasteiger partial charge is 0.408 e. The third kappa shape index (κ3) is 2.76. The normalized spacial score (nSPS) is 11.4. The van der Waals surface area contributed by atoms with Crippen LogP contribution < -0.4 is 0 Å². The maximum absolute atomic E-state index is 11.9. The second-order valence-electron chi connectivity index (χ2n) is 2.89. The van der Waals surface area contributed by atoms with Crippen molar-refractivity contribution in [2.45, 2.75) is 26.1 Å². The Balaban J connectivity index is 2.82. The average molecular weight is 203 g/mol. The van der Waals surface area contributed by atoms with Crippen molar-refractivity contribution in [2.75, 3.05) is 0 Å². The summed E-state index contributed by atoms with van der Waals surface area (Å²) in [6.07, 6.45) is -2.93. The van der Waals surface area contributed by atoms with Crippen molar-refractivity contribution in [3.05, 3.63) is 17.5 Å². The lowest BCUT2D eigenvalue weighted by atomic mass is 10.2. The second-order valence-corrected chi connectivity index (χ2v) is 2.89. The van der Waals surface area contributed by atoms with E-state index < -0.39 is 12.7 Å². The fraction of sp³-hybridized carbons (Fsp3) is 0.500. The minimum Gasteiger partial charge on any atom is -0.263 e. The molecule has 0 aliphatic heterocycles. The Morgan fingerprint density at radius 2 is 2.21 bits per heavy atom. The molecule has 0 aliphatic rings. The number of nitriles is 1. The summed E-state index contributed by atoms with van der Waals surface area (Å²) in [6, 6.07) is 1.87. The monoisotopic (exact) mass is 203 g/mol. The van der Waals surface area contributed by atoms with Crippen LogP contribution in [0.4, 0.5) is 13.2 Å². The minimum atomic E-state index is -4.28. The smallest absolute Gasteiger partial charge is 0.263 e. The molecule has 0 amide bonds. The molecule has 0 atom stereocenters. The lowest BCUT2D eigenvalue weighted by Crippen LogP contribution is -2.17. The summed E-state index contributed by atoms with van der Waals surface area (Å²) in [4.78, 5) is 0. The zero-order chi connectivity index (χ0) is 10.8. The molecule has 1 heterocycles. The molecular weight excluding hydrogens is 195 g/mol. The van der Waals surface area contributed by atoms with Gasteiger partial charge >= 0.3 is 6.18 Å². The van der Waals surface area contributed by atoms with E-state index in [1.807, 2.05) is 6.07 Å². The van der Waals surface area contributed by atoms with Gasteiger partial charge in [-0.1, -0.05) is 0 Å². The predicted octanol–water partition coefficient (Wildman–Crippen LogP) is 1.82. The molecular formula is C8H8F3N3. The molecule has 0 saturated heterocycles. The molecule has 0 aliphatic carbocycles. The molecule has 1 aromatic rings.